The van der Waals surface area contributed by atoms with Gasteiger partial charge in [0.2, 0.25) is 0 Å². The topological polar surface area (TPSA) is 32.3 Å². The van der Waals surface area contributed by atoms with E-state index in [1.165, 1.54) is 0 Å². The van der Waals surface area contributed by atoms with Crippen LogP contribution in [0.5, 0.6) is 5.75 Å². The zero-order valence-corrected chi connectivity index (χ0v) is 8.73. The summed E-state index contributed by atoms with van der Waals surface area (Å²) < 4.78 is 0. The van der Waals surface area contributed by atoms with Gasteiger partial charge in [0, 0.05) is 12.1 Å². The van der Waals surface area contributed by atoms with Crippen LogP contribution in [0.25, 0.3) is 0 Å². The predicted octanol–water partition coefficient (Wildman–Crippen LogP) is 2.16. The molecule has 14 heavy (non-hydrogen) atoms. The van der Waals surface area contributed by atoms with E-state index in [0.29, 0.717) is 18.1 Å². The smallest absolute Gasteiger partial charge is 0.138 e. The molecule has 0 spiro atoms. The number of benzene rings is 1. The Labute approximate surface area is 88.9 Å². The largest absolute Gasteiger partial charge is 0.506 e. The fourth-order valence-corrected chi connectivity index (χ4v) is 1.24. The van der Waals surface area contributed by atoms with Crippen molar-refractivity contribution in [3.63, 3.8) is 0 Å². The van der Waals surface area contributed by atoms with Crippen LogP contribution in [0.3, 0.4) is 0 Å². The average molecular weight is 210 g/mol. The van der Waals surface area contributed by atoms with E-state index in [1.54, 1.807) is 13.0 Å². The molecule has 0 fully saturated rings. The lowest BCUT2D eigenvalue weighted by Gasteiger charge is -2.05. The summed E-state index contributed by atoms with van der Waals surface area (Å²) in [6.07, 6.45) is 0. The molecule has 0 radical (unpaired) electrons. The first-order valence-corrected chi connectivity index (χ1v) is 4.70. The number of rotatable bonds is 3. The van der Waals surface area contributed by atoms with Crippen LogP contribution < -0.4 is 5.32 Å². The van der Waals surface area contributed by atoms with Gasteiger partial charge in [0.1, 0.15) is 5.75 Å². The van der Waals surface area contributed by atoms with Crippen molar-refractivity contribution in [2.45, 2.75) is 13.5 Å². The normalized spacial score (nSPS) is 9.29. The molecule has 0 bridgehead atoms. The number of aromatic hydroxyl groups is 1. The first-order chi connectivity index (χ1) is 6.75. The van der Waals surface area contributed by atoms with Gasteiger partial charge in [-0.15, -0.1) is 5.92 Å². The standard InChI is InChI=1S/C11H12ClNO/c1-2-3-7-13-8-9-5-4-6-10(12)11(9)14/h4-6,13-14H,7-8H2,1H3. The second-order valence-corrected chi connectivity index (χ2v) is 3.19. The first kappa shape index (κ1) is 10.9. The fourth-order valence-electron chi connectivity index (χ4n) is 1.05. The maximum absolute atomic E-state index is 9.55. The van der Waals surface area contributed by atoms with Gasteiger partial charge in [-0.25, -0.2) is 0 Å². The lowest BCUT2D eigenvalue weighted by atomic mass is 10.2. The summed E-state index contributed by atoms with van der Waals surface area (Å²) in [7, 11) is 0. The highest BCUT2D eigenvalue weighted by molar-refractivity contribution is 6.32. The van der Waals surface area contributed by atoms with Gasteiger partial charge in [-0.1, -0.05) is 29.7 Å². The number of phenols is 1. The van der Waals surface area contributed by atoms with Gasteiger partial charge < -0.3 is 10.4 Å². The maximum Gasteiger partial charge on any atom is 0.138 e. The quantitative estimate of drug-likeness (QED) is 0.591. The molecule has 1 rings (SSSR count). The fraction of sp³-hybridized carbons (Fsp3) is 0.273. The van der Waals surface area contributed by atoms with Crippen molar-refractivity contribution in [2.75, 3.05) is 6.54 Å². The molecule has 2 N–H and O–H groups in total. The number of para-hydroxylation sites is 1. The van der Waals surface area contributed by atoms with Gasteiger partial charge in [-0.2, -0.15) is 0 Å². The minimum absolute atomic E-state index is 0.145. The van der Waals surface area contributed by atoms with Crippen molar-refractivity contribution < 1.29 is 5.11 Å². The van der Waals surface area contributed by atoms with Gasteiger partial charge in [-0.05, 0) is 13.0 Å². The Balaban J connectivity index is 2.57. The molecule has 0 atom stereocenters. The predicted molar refractivity (Wildman–Crippen MR) is 58.3 cm³/mol. The van der Waals surface area contributed by atoms with Crippen LogP contribution in [0.2, 0.25) is 5.02 Å². The minimum Gasteiger partial charge on any atom is -0.506 e. The lowest BCUT2D eigenvalue weighted by molar-refractivity contribution is 0.466. The Hall–Kier alpha value is -1.17. The third kappa shape index (κ3) is 2.95. The van der Waals surface area contributed by atoms with E-state index in [-0.39, 0.29) is 5.75 Å². The molecule has 74 valence electrons. The summed E-state index contributed by atoms with van der Waals surface area (Å²) in [6, 6.07) is 5.30. The second kappa shape index (κ2) is 5.54. The Kier molecular flexibility index (Phi) is 4.31. The van der Waals surface area contributed by atoms with Crippen molar-refractivity contribution in [3.8, 4) is 17.6 Å². The highest BCUT2D eigenvalue weighted by Gasteiger charge is 2.03. The van der Waals surface area contributed by atoms with Crippen molar-refractivity contribution in [1.29, 1.82) is 0 Å². The average Bonchev–Trinajstić information content (AvgIpc) is 2.19. The minimum atomic E-state index is 0.145. The number of halogens is 1. The van der Waals surface area contributed by atoms with Crippen molar-refractivity contribution >= 4 is 11.6 Å². The number of nitrogens with one attached hydrogen (secondary N) is 1. The number of phenolic OH excluding ortho intramolecular Hbond substituents is 1. The van der Waals surface area contributed by atoms with Crippen LogP contribution >= 0.6 is 11.6 Å². The zero-order chi connectivity index (χ0) is 10.4. The first-order valence-electron chi connectivity index (χ1n) is 4.32. The highest BCUT2D eigenvalue weighted by atomic mass is 35.5. The molecule has 0 saturated carbocycles. The van der Waals surface area contributed by atoms with Crippen LogP contribution in [0.1, 0.15) is 12.5 Å². The molecule has 0 aliphatic heterocycles. The SMILES string of the molecule is CC#CCNCc1cccc(Cl)c1O. The second-order valence-electron chi connectivity index (χ2n) is 2.78. The van der Waals surface area contributed by atoms with Gasteiger partial charge >= 0.3 is 0 Å². The molecule has 3 heteroatoms. The van der Waals surface area contributed by atoms with Crippen LogP contribution in [0.4, 0.5) is 0 Å². The molecule has 1 aromatic carbocycles. The van der Waals surface area contributed by atoms with E-state index in [0.717, 1.165) is 5.56 Å². The molecular formula is C11H12ClNO. The number of hydrogen-bond donors (Lipinski definition) is 2. The van der Waals surface area contributed by atoms with Gasteiger partial charge in [0.15, 0.2) is 0 Å². The van der Waals surface area contributed by atoms with Crippen molar-refractivity contribution in [2.24, 2.45) is 0 Å². The van der Waals surface area contributed by atoms with Crippen LogP contribution in [-0.4, -0.2) is 11.7 Å². The molecule has 1 aromatic rings. The van der Waals surface area contributed by atoms with Crippen molar-refractivity contribution in [1.82, 2.24) is 5.32 Å². The lowest BCUT2D eigenvalue weighted by Crippen LogP contribution is -2.13. The molecule has 0 saturated heterocycles. The van der Waals surface area contributed by atoms with E-state index < -0.39 is 0 Å². The number of hydrogen-bond acceptors (Lipinski definition) is 2. The third-order valence-electron chi connectivity index (χ3n) is 1.78. The Morgan fingerprint density at radius 2 is 2.29 bits per heavy atom. The summed E-state index contributed by atoms with van der Waals surface area (Å²) in [5.41, 5.74) is 0.787. The molecule has 0 aromatic heterocycles. The van der Waals surface area contributed by atoms with Crippen LogP contribution in [0, 0.1) is 11.8 Å². The molecule has 0 aliphatic rings. The Morgan fingerprint density at radius 1 is 1.50 bits per heavy atom. The van der Waals surface area contributed by atoms with Crippen LogP contribution in [-0.2, 0) is 6.54 Å². The third-order valence-corrected chi connectivity index (χ3v) is 2.08. The van der Waals surface area contributed by atoms with E-state index in [2.05, 4.69) is 17.2 Å². The van der Waals surface area contributed by atoms with E-state index in [9.17, 15) is 5.11 Å². The summed E-state index contributed by atoms with van der Waals surface area (Å²) in [5, 5.41) is 13.0. The summed E-state index contributed by atoms with van der Waals surface area (Å²) in [5.74, 6) is 5.80. The monoisotopic (exact) mass is 209 g/mol. The zero-order valence-electron chi connectivity index (χ0n) is 7.97. The summed E-state index contributed by atoms with van der Waals surface area (Å²) >= 11 is 5.75. The van der Waals surface area contributed by atoms with Crippen molar-refractivity contribution in [3.05, 3.63) is 28.8 Å². The maximum atomic E-state index is 9.55. The molecular weight excluding hydrogens is 198 g/mol. The molecule has 2 nitrogen and oxygen atoms in total. The summed E-state index contributed by atoms with van der Waals surface area (Å²) in [6.45, 7) is 2.97. The van der Waals surface area contributed by atoms with E-state index in [4.69, 9.17) is 11.6 Å². The van der Waals surface area contributed by atoms with Gasteiger partial charge in [-0.3, -0.25) is 0 Å². The highest BCUT2D eigenvalue weighted by Crippen LogP contribution is 2.26. The molecule has 0 heterocycles. The molecule has 0 amide bonds. The van der Waals surface area contributed by atoms with Gasteiger partial charge in [0.05, 0.1) is 11.6 Å². The van der Waals surface area contributed by atoms with E-state index >= 15 is 0 Å². The summed E-state index contributed by atoms with van der Waals surface area (Å²) in [4.78, 5) is 0. The van der Waals surface area contributed by atoms with E-state index in [1.807, 2.05) is 12.1 Å². The molecule has 0 aliphatic carbocycles. The van der Waals surface area contributed by atoms with Crippen LogP contribution in [0.15, 0.2) is 18.2 Å². The Morgan fingerprint density at radius 3 is 3.00 bits per heavy atom. The Bertz CT molecular complexity index is 365. The van der Waals surface area contributed by atoms with Gasteiger partial charge in [0.25, 0.3) is 0 Å². The molecule has 0 unspecified atom stereocenters.